The van der Waals surface area contributed by atoms with E-state index in [0.717, 1.165) is 22.7 Å². The molecule has 3 rings (SSSR count). The number of hydrogen-bond acceptors (Lipinski definition) is 3. The van der Waals surface area contributed by atoms with Gasteiger partial charge in [0.1, 0.15) is 11.5 Å². The highest BCUT2D eigenvalue weighted by Crippen LogP contribution is 2.31. The molecule has 1 aromatic heterocycles. The average Bonchev–Trinajstić information content (AvgIpc) is 3.02. The minimum absolute atomic E-state index is 0.0929. The Morgan fingerprint density at radius 3 is 2.40 bits per heavy atom. The van der Waals surface area contributed by atoms with Crippen LogP contribution < -0.4 is 10.6 Å². The molecular weight excluding hydrogens is 359 g/mol. The van der Waals surface area contributed by atoms with Gasteiger partial charge in [-0.3, -0.25) is 4.79 Å². The SMILES string of the molecule is CC(=O)Nc1ccc(NCc2ccc(-c3ccc(Cl)cc3Cl)o2)cc1. The van der Waals surface area contributed by atoms with Crippen LogP contribution in [0.4, 0.5) is 11.4 Å². The highest BCUT2D eigenvalue weighted by molar-refractivity contribution is 6.36. The zero-order valence-electron chi connectivity index (χ0n) is 13.5. The summed E-state index contributed by atoms with van der Waals surface area (Å²) in [5, 5.41) is 7.14. The molecule has 25 heavy (non-hydrogen) atoms. The van der Waals surface area contributed by atoms with Gasteiger partial charge in [0, 0.05) is 28.9 Å². The van der Waals surface area contributed by atoms with Crippen molar-refractivity contribution >= 4 is 40.5 Å². The first-order chi connectivity index (χ1) is 12.0. The molecule has 3 aromatic rings. The predicted molar refractivity (Wildman–Crippen MR) is 102 cm³/mol. The lowest BCUT2D eigenvalue weighted by Gasteiger charge is -2.07. The fourth-order valence-corrected chi connectivity index (χ4v) is 2.87. The quantitative estimate of drug-likeness (QED) is 0.591. The number of amides is 1. The molecule has 2 aromatic carbocycles. The zero-order valence-corrected chi connectivity index (χ0v) is 15.0. The summed E-state index contributed by atoms with van der Waals surface area (Å²) in [6.07, 6.45) is 0. The standard InChI is InChI=1S/C19H16Cl2N2O2/c1-12(24)23-15-5-3-14(4-6-15)22-11-16-7-9-19(25-16)17-8-2-13(20)10-18(17)21/h2-10,22H,11H2,1H3,(H,23,24). The van der Waals surface area contributed by atoms with Crippen molar-refractivity contribution in [1.29, 1.82) is 0 Å². The first kappa shape index (κ1) is 17.4. The summed E-state index contributed by atoms with van der Waals surface area (Å²) >= 11 is 12.1. The molecule has 0 aliphatic carbocycles. The van der Waals surface area contributed by atoms with E-state index >= 15 is 0 Å². The van der Waals surface area contributed by atoms with Crippen molar-refractivity contribution in [3.63, 3.8) is 0 Å². The molecule has 0 aliphatic heterocycles. The fraction of sp³-hybridized carbons (Fsp3) is 0.105. The van der Waals surface area contributed by atoms with Crippen LogP contribution >= 0.6 is 23.2 Å². The van der Waals surface area contributed by atoms with E-state index in [1.807, 2.05) is 42.5 Å². The largest absolute Gasteiger partial charge is 0.459 e. The maximum Gasteiger partial charge on any atom is 0.221 e. The predicted octanol–water partition coefficient (Wildman–Crippen LogP) is 5.82. The number of benzene rings is 2. The molecule has 6 heteroatoms. The Morgan fingerprint density at radius 2 is 1.72 bits per heavy atom. The number of carbonyl (C=O) groups is 1. The van der Waals surface area contributed by atoms with E-state index in [-0.39, 0.29) is 5.91 Å². The van der Waals surface area contributed by atoms with Crippen molar-refractivity contribution in [3.8, 4) is 11.3 Å². The van der Waals surface area contributed by atoms with Crippen LogP contribution in [0.3, 0.4) is 0 Å². The lowest BCUT2D eigenvalue weighted by atomic mass is 10.2. The Kier molecular flexibility index (Phi) is 5.31. The highest BCUT2D eigenvalue weighted by atomic mass is 35.5. The van der Waals surface area contributed by atoms with Crippen LogP contribution in [0, 0.1) is 0 Å². The number of anilines is 2. The Morgan fingerprint density at radius 1 is 1.00 bits per heavy atom. The number of hydrogen-bond donors (Lipinski definition) is 2. The summed E-state index contributed by atoms with van der Waals surface area (Å²) in [7, 11) is 0. The van der Waals surface area contributed by atoms with Gasteiger partial charge in [-0.15, -0.1) is 0 Å². The highest BCUT2D eigenvalue weighted by Gasteiger charge is 2.09. The van der Waals surface area contributed by atoms with E-state index in [1.165, 1.54) is 6.92 Å². The molecule has 0 saturated heterocycles. The van der Waals surface area contributed by atoms with Gasteiger partial charge < -0.3 is 15.1 Å². The topological polar surface area (TPSA) is 54.3 Å². The van der Waals surface area contributed by atoms with E-state index in [2.05, 4.69) is 10.6 Å². The average molecular weight is 375 g/mol. The van der Waals surface area contributed by atoms with Crippen LogP contribution in [0.2, 0.25) is 10.0 Å². The third-order valence-corrected chi connectivity index (χ3v) is 4.08. The van der Waals surface area contributed by atoms with Gasteiger partial charge in [-0.05, 0) is 54.6 Å². The third-order valence-electron chi connectivity index (χ3n) is 3.53. The lowest BCUT2D eigenvalue weighted by Crippen LogP contribution is -2.05. The van der Waals surface area contributed by atoms with Gasteiger partial charge in [0.05, 0.1) is 11.6 Å². The fourth-order valence-electron chi connectivity index (χ4n) is 2.37. The van der Waals surface area contributed by atoms with Gasteiger partial charge in [0.15, 0.2) is 0 Å². The molecule has 0 spiro atoms. The lowest BCUT2D eigenvalue weighted by molar-refractivity contribution is -0.114. The summed E-state index contributed by atoms with van der Waals surface area (Å²) in [6.45, 7) is 2.01. The van der Waals surface area contributed by atoms with Gasteiger partial charge in [0.2, 0.25) is 5.91 Å². The van der Waals surface area contributed by atoms with E-state index in [4.69, 9.17) is 27.6 Å². The normalized spacial score (nSPS) is 10.5. The van der Waals surface area contributed by atoms with Crippen LogP contribution in [-0.2, 0) is 11.3 Å². The summed E-state index contributed by atoms with van der Waals surface area (Å²) in [5.41, 5.74) is 2.49. The second-order valence-electron chi connectivity index (χ2n) is 5.50. The van der Waals surface area contributed by atoms with Crippen molar-refractivity contribution in [3.05, 3.63) is 70.4 Å². The van der Waals surface area contributed by atoms with E-state index < -0.39 is 0 Å². The molecule has 0 bridgehead atoms. The molecular formula is C19H16Cl2N2O2. The molecule has 0 atom stereocenters. The molecule has 4 nitrogen and oxygen atoms in total. The molecule has 0 aliphatic rings. The van der Waals surface area contributed by atoms with Crippen molar-refractivity contribution in [1.82, 2.24) is 0 Å². The monoisotopic (exact) mass is 374 g/mol. The number of rotatable bonds is 5. The Hall–Kier alpha value is -2.43. The van der Waals surface area contributed by atoms with E-state index in [1.54, 1.807) is 12.1 Å². The smallest absolute Gasteiger partial charge is 0.221 e. The number of furan rings is 1. The van der Waals surface area contributed by atoms with E-state index in [9.17, 15) is 4.79 Å². The number of nitrogens with one attached hydrogen (secondary N) is 2. The Labute approximate surface area is 155 Å². The van der Waals surface area contributed by atoms with Crippen LogP contribution in [0.5, 0.6) is 0 Å². The number of halogens is 2. The Balaban J connectivity index is 1.64. The van der Waals surface area contributed by atoms with Crippen LogP contribution in [0.25, 0.3) is 11.3 Å². The first-order valence-corrected chi connectivity index (χ1v) is 8.42. The molecule has 0 saturated carbocycles. The van der Waals surface area contributed by atoms with Gasteiger partial charge in [-0.25, -0.2) is 0 Å². The van der Waals surface area contributed by atoms with E-state index in [0.29, 0.717) is 22.4 Å². The molecule has 0 fully saturated rings. The Bertz CT molecular complexity index is 889. The van der Waals surface area contributed by atoms with Crippen LogP contribution in [0.1, 0.15) is 12.7 Å². The van der Waals surface area contributed by atoms with Crippen LogP contribution in [-0.4, -0.2) is 5.91 Å². The maximum absolute atomic E-state index is 11.0. The first-order valence-electron chi connectivity index (χ1n) is 7.67. The summed E-state index contributed by atoms with van der Waals surface area (Å²) < 4.78 is 5.84. The third kappa shape index (κ3) is 4.56. The summed E-state index contributed by atoms with van der Waals surface area (Å²) in [4.78, 5) is 11.0. The van der Waals surface area contributed by atoms with Crippen molar-refractivity contribution in [2.75, 3.05) is 10.6 Å². The second kappa shape index (κ2) is 7.64. The van der Waals surface area contributed by atoms with Crippen molar-refractivity contribution < 1.29 is 9.21 Å². The molecule has 0 unspecified atom stereocenters. The summed E-state index contributed by atoms with van der Waals surface area (Å²) in [6, 6.07) is 16.5. The minimum atomic E-state index is -0.0929. The molecule has 1 heterocycles. The number of carbonyl (C=O) groups excluding carboxylic acids is 1. The zero-order chi connectivity index (χ0) is 17.8. The molecule has 128 valence electrons. The maximum atomic E-state index is 11.0. The van der Waals surface area contributed by atoms with Gasteiger partial charge in [-0.2, -0.15) is 0 Å². The van der Waals surface area contributed by atoms with Crippen molar-refractivity contribution in [2.45, 2.75) is 13.5 Å². The second-order valence-corrected chi connectivity index (χ2v) is 6.35. The minimum Gasteiger partial charge on any atom is -0.459 e. The van der Waals surface area contributed by atoms with Crippen LogP contribution in [0.15, 0.2) is 59.0 Å². The summed E-state index contributed by atoms with van der Waals surface area (Å²) in [5.74, 6) is 1.39. The van der Waals surface area contributed by atoms with Crippen molar-refractivity contribution in [2.24, 2.45) is 0 Å². The molecule has 1 amide bonds. The van der Waals surface area contributed by atoms with Gasteiger partial charge >= 0.3 is 0 Å². The molecule has 2 N–H and O–H groups in total. The van der Waals surface area contributed by atoms with Gasteiger partial charge in [0.25, 0.3) is 0 Å². The van der Waals surface area contributed by atoms with Gasteiger partial charge in [-0.1, -0.05) is 23.2 Å². The molecule has 0 radical (unpaired) electrons.